The van der Waals surface area contributed by atoms with Gasteiger partial charge in [-0.1, -0.05) is 18.2 Å². The molecule has 1 unspecified atom stereocenters. The van der Waals surface area contributed by atoms with Crippen LogP contribution in [0.25, 0.3) is 0 Å². The fraction of sp³-hybridized carbons (Fsp3) is 0.100. The Labute approximate surface area is 70.2 Å². The predicted octanol–water partition coefficient (Wildman–Crippen LogP) is 0.112. The van der Waals surface area contributed by atoms with Crippen LogP contribution in [0.3, 0.4) is 0 Å². The molecule has 2 aliphatic rings. The average Bonchev–Trinajstić information content (AvgIpc) is 2.14. The summed E-state index contributed by atoms with van der Waals surface area (Å²) in [7, 11) is 0. The van der Waals surface area contributed by atoms with Gasteiger partial charge in [0.1, 0.15) is 0 Å². The summed E-state index contributed by atoms with van der Waals surface area (Å²) in [6.07, 6.45) is 3.76. The van der Waals surface area contributed by atoms with Crippen LogP contribution < -0.4 is 5.16 Å². The van der Waals surface area contributed by atoms with Gasteiger partial charge in [-0.2, -0.15) is 0 Å². The number of hydrogen-bond donors (Lipinski definition) is 1. The molecule has 1 heterocycles. The maximum absolute atomic E-state index is 4.99. The molecule has 3 rings (SSSR count). The third kappa shape index (κ3) is 0.576. The SMILES string of the molecule is C1=CC2C(=[NH+]O1)c1ccccc12. The summed E-state index contributed by atoms with van der Waals surface area (Å²) in [6, 6.07) is 8.37. The fourth-order valence-electron chi connectivity index (χ4n) is 1.79. The van der Waals surface area contributed by atoms with E-state index in [-0.39, 0.29) is 0 Å². The molecule has 0 fully saturated rings. The predicted molar refractivity (Wildman–Crippen MR) is 44.5 cm³/mol. The highest BCUT2D eigenvalue weighted by molar-refractivity contribution is 6.11. The van der Waals surface area contributed by atoms with Crippen LogP contribution in [0.2, 0.25) is 0 Å². The van der Waals surface area contributed by atoms with Crippen molar-refractivity contribution in [1.82, 2.24) is 0 Å². The Morgan fingerprint density at radius 3 is 3.17 bits per heavy atom. The first kappa shape index (κ1) is 6.00. The molecule has 12 heavy (non-hydrogen) atoms. The van der Waals surface area contributed by atoms with E-state index in [1.807, 2.05) is 6.07 Å². The van der Waals surface area contributed by atoms with Crippen LogP contribution in [0, 0.1) is 0 Å². The highest BCUT2D eigenvalue weighted by Crippen LogP contribution is 2.34. The monoisotopic (exact) mass is 158 g/mol. The minimum atomic E-state index is 0.440. The zero-order valence-electron chi connectivity index (χ0n) is 6.45. The van der Waals surface area contributed by atoms with Gasteiger partial charge in [0.2, 0.25) is 5.71 Å². The van der Waals surface area contributed by atoms with Gasteiger partial charge >= 0.3 is 0 Å². The molecule has 2 heteroatoms. The Morgan fingerprint density at radius 1 is 1.25 bits per heavy atom. The van der Waals surface area contributed by atoms with Crippen molar-refractivity contribution in [3.05, 3.63) is 47.7 Å². The maximum atomic E-state index is 4.99. The second-order valence-corrected chi connectivity index (χ2v) is 3.03. The van der Waals surface area contributed by atoms with Crippen LogP contribution in [0.4, 0.5) is 0 Å². The summed E-state index contributed by atoms with van der Waals surface area (Å²) in [5, 5.41) is 2.90. The zero-order chi connectivity index (χ0) is 7.97. The quantitative estimate of drug-likeness (QED) is 0.569. The molecule has 1 aliphatic heterocycles. The molecule has 1 atom stereocenters. The number of allylic oxidation sites excluding steroid dienone is 1. The van der Waals surface area contributed by atoms with Gasteiger partial charge in [0.15, 0.2) is 6.26 Å². The number of nitrogens with one attached hydrogen (secondary N) is 1. The summed E-state index contributed by atoms with van der Waals surface area (Å²) >= 11 is 0. The average molecular weight is 158 g/mol. The number of fused-ring (bicyclic) bond motifs is 4. The molecule has 0 amide bonds. The van der Waals surface area contributed by atoms with Gasteiger partial charge in [-0.3, -0.25) is 0 Å². The third-order valence-electron chi connectivity index (χ3n) is 2.40. The molecule has 0 bridgehead atoms. The molecule has 1 N–H and O–H groups in total. The van der Waals surface area contributed by atoms with E-state index >= 15 is 0 Å². The summed E-state index contributed by atoms with van der Waals surface area (Å²) in [5.74, 6) is 0.440. The Morgan fingerprint density at radius 2 is 2.17 bits per heavy atom. The molecule has 58 valence electrons. The minimum absolute atomic E-state index is 0.440. The maximum Gasteiger partial charge on any atom is 0.244 e. The van der Waals surface area contributed by atoms with Gasteiger partial charge in [-0.15, -0.1) is 0 Å². The summed E-state index contributed by atoms with van der Waals surface area (Å²) in [4.78, 5) is 4.99. The van der Waals surface area contributed by atoms with E-state index in [4.69, 9.17) is 4.84 Å². The lowest BCUT2D eigenvalue weighted by Crippen LogP contribution is -2.75. The molecule has 1 aliphatic carbocycles. The van der Waals surface area contributed by atoms with Gasteiger partial charge in [-0.05, 0) is 22.9 Å². The van der Waals surface area contributed by atoms with Gasteiger partial charge in [0.05, 0.1) is 11.5 Å². The number of hydrogen-bond acceptors (Lipinski definition) is 1. The van der Waals surface area contributed by atoms with Crippen molar-refractivity contribution >= 4 is 5.71 Å². The Hall–Kier alpha value is -1.57. The zero-order valence-corrected chi connectivity index (χ0v) is 6.45. The molecule has 0 radical (unpaired) electrons. The lowest BCUT2D eigenvalue weighted by Gasteiger charge is -2.25. The summed E-state index contributed by atoms with van der Waals surface area (Å²) in [6.45, 7) is 0. The van der Waals surface area contributed by atoms with Crippen LogP contribution in [0.15, 0.2) is 36.6 Å². The largest absolute Gasteiger partial charge is 0.247 e. The van der Waals surface area contributed by atoms with E-state index in [2.05, 4.69) is 29.4 Å². The van der Waals surface area contributed by atoms with Crippen LogP contribution in [0.1, 0.15) is 17.0 Å². The van der Waals surface area contributed by atoms with E-state index in [9.17, 15) is 0 Å². The minimum Gasteiger partial charge on any atom is -0.247 e. The second-order valence-electron chi connectivity index (χ2n) is 3.03. The van der Waals surface area contributed by atoms with E-state index < -0.39 is 0 Å². The second kappa shape index (κ2) is 1.97. The van der Waals surface area contributed by atoms with E-state index in [0.717, 1.165) is 0 Å². The van der Waals surface area contributed by atoms with Crippen molar-refractivity contribution in [2.75, 3.05) is 0 Å². The molecule has 0 saturated carbocycles. The number of rotatable bonds is 0. The van der Waals surface area contributed by atoms with Gasteiger partial charge in [0.25, 0.3) is 0 Å². The fourth-order valence-corrected chi connectivity index (χ4v) is 1.79. The topological polar surface area (TPSA) is 23.2 Å². The lowest BCUT2D eigenvalue weighted by atomic mass is 9.75. The normalized spacial score (nSPS) is 23.0. The first-order valence-electron chi connectivity index (χ1n) is 4.01. The Bertz CT molecular complexity index is 393. The van der Waals surface area contributed by atoms with Crippen molar-refractivity contribution in [2.45, 2.75) is 5.92 Å². The van der Waals surface area contributed by atoms with E-state index in [1.54, 1.807) is 6.26 Å². The van der Waals surface area contributed by atoms with Crippen LogP contribution in [0.5, 0.6) is 0 Å². The highest BCUT2D eigenvalue weighted by Gasteiger charge is 2.39. The molecule has 0 saturated heterocycles. The third-order valence-corrected chi connectivity index (χ3v) is 2.40. The molecule has 0 spiro atoms. The van der Waals surface area contributed by atoms with E-state index in [0.29, 0.717) is 5.92 Å². The summed E-state index contributed by atoms with van der Waals surface area (Å²) in [5.41, 5.74) is 3.86. The highest BCUT2D eigenvalue weighted by atomic mass is 16.6. The van der Waals surface area contributed by atoms with E-state index in [1.165, 1.54) is 16.8 Å². The van der Waals surface area contributed by atoms with Crippen molar-refractivity contribution in [2.24, 2.45) is 0 Å². The number of benzene rings is 1. The van der Waals surface area contributed by atoms with Crippen molar-refractivity contribution in [3.63, 3.8) is 0 Å². The van der Waals surface area contributed by atoms with Crippen molar-refractivity contribution < 1.29 is 9.99 Å². The molecule has 2 nitrogen and oxygen atoms in total. The molecule has 1 aromatic carbocycles. The van der Waals surface area contributed by atoms with Gasteiger partial charge in [-0.25, -0.2) is 4.84 Å². The lowest BCUT2D eigenvalue weighted by molar-refractivity contribution is -0.735. The van der Waals surface area contributed by atoms with Crippen LogP contribution >= 0.6 is 0 Å². The van der Waals surface area contributed by atoms with Gasteiger partial charge < -0.3 is 0 Å². The first-order chi connectivity index (χ1) is 5.97. The molecule has 1 aromatic rings. The smallest absolute Gasteiger partial charge is 0.244 e. The standard InChI is InChI=1S/C10H7NO/c1-2-4-8-7(3-1)9-5-6-12-11-10(8)9/h1-6,9H/p+1. The first-order valence-corrected chi connectivity index (χ1v) is 4.01. The Balaban J connectivity index is 2.21. The molecular formula is C10H8NO+. The molecular weight excluding hydrogens is 150 g/mol. The van der Waals surface area contributed by atoms with Crippen LogP contribution in [-0.2, 0) is 4.84 Å². The van der Waals surface area contributed by atoms with Gasteiger partial charge in [0, 0.05) is 0 Å². The van der Waals surface area contributed by atoms with Crippen molar-refractivity contribution in [1.29, 1.82) is 0 Å². The summed E-state index contributed by atoms with van der Waals surface area (Å²) < 4.78 is 0. The van der Waals surface area contributed by atoms with Crippen molar-refractivity contribution in [3.8, 4) is 0 Å². The van der Waals surface area contributed by atoms with Crippen LogP contribution in [-0.4, -0.2) is 5.71 Å². The molecule has 0 aromatic heterocycles. The Kier molecular flexibility index (Phi) is 0.987.